The molecule has 1 fully saturated rings. The second-order valence-electron chi connectivity index (χ2n) is 8.22. The number of carbonyl (C=O) groups excluding carboxylic acids is 2. The molecule has 12 heteroatoms. The Morgan fingerprint density at radius 3 is 2.38 bits per heavy atom. The van der Waals surface area contributed by atoms with Crippen molar-refractivity contribution in [2.45, 2.75) is 17.4 Å². The number of β-amino-alcohol motifs (C(OH)–C–C–N with tert-alkyl or cyclic N) is 1. The van der Waals surface area contributed by atoms with Gasteiger partial charge in [-0.3, -0.25) is 9.59 Å². The van der Waals surface area contributed by atoms with E-state index in [0.29, 0.717) is 18.0 Å². The van der Waals surface area contributed by atoms with Crippen LogP contribution in [0.15, 0.2) is 77.7 Å². The number of hydrogen-bond donors (Lipinski definition) is 2. The number of sulfonamides is 1. The number of nitrogens with one attached hydrogen (secondary N) is 1. The van der Waals surface area contributed by atoms with Crippen LogP contribution in [0.25, 0.3) is 0 Å². The second-order valence-corrected chi connectivity index (χ2v) is 10.8. The normalized spacial score (nSPS) is 15.3. The van der Waals surface area contributed by atoms with Gasteiger partial charge in [0.2, 0.25) is 5.91 Å². The summed E-state index contributed by atoms with van der Waals surface area (Å²) in [5, 5.41) is 12.6. The van der Waals surface area contributed by atoms with Crippen LogP contribution in [0, 0.1) is 0 Å². The molecule has 1 heterocycles. The Morgan fingerprint density at radius 2 is 1.76 bits per heavy atom. The minimum atomic E-state index is -4.26. The molecule has 0 aliphatic carbocycles. The third-order valence-electron chi connectivity index (χ3n) is 5.59. The van der Waals surface area contributed by atoms with E-state index >= 15 is 0 Å². The number of benzene rings is 3. The van der Waals surface area contributed by atoms with Crippen molar-refractivity contribution in [2.75, 3.05) is 24.1 Å². The third kappa shape index (κ3) is 6.34. The van der Waals surface area contributed by atoms with Gasteiger partial charge in [-0.15, -0.1) is 0 Å². The summed E-state index contributed by atoms with van der Waals surface area (Å²) in [4.78, 5) is 31.8. The van der Waals surface area contributed by atoms with Gasteiger partial charge in [-0.1, -0.05) is 45.9 Å². The third-order valence-corrected chi connectivity index (χ3v) is 7.71. The first-order valence-electron chi connectivity index (χ1n) is 11.2. The average molecular weight is 564 g/mol. The molecule has 0 spiro atoms. The number of halogens is 2. The molecule has 1 aliphatic heterocycles. The fourth-order valence-corrected chi connectivity index (χ4v) is 5.33. The van der Waals surface area contributed by atoms with E-state index in [4.69, 9.17) is 28.0 Å². The zero-order valence-corrected chi connectivity index (χ0v) is 21.7. The minimum Gasteiger partial charge on any atom is -0.391 e. The Bertz CT molecular complexity index is 1390. The van der Waals surface area contributed by atoms with Crippen molar-refractivity contribution in [1.29, 1.82) is 0 Å². The summed E-state index contributed by atoms with van der Waals surface area (Å²) in [7, 11) is -4.26. The van der Waals surface area contributed by atoms with Gasteiger partial charge in [-0.05, 0) is 61.0 Å². The summed E-state index contributed by atoms with van der Waals surface area (Å²) in [6, 6.07) is 17.8. The molecule has 1 saturated heterocycles. The van der Waals surface area contributed by atoms with E-state index in [1.54, 1.807) is 30.3 Å². The van der Waals surface area contributed by atoms with Crippen molar-refractivity contribution in [3.63, 3.8) is 0 Å². The molecular weight excluding hydrogens is 541 g/mol. The van der Waals surface area contributed by atoms with Crippen LogP contribution in [-0.4, -0.2) is 56.0 Å². The van der Waals surface area contributed by atoms with Crippen molar-refractivity contribution >= 4 is 50.7 Å². The van der Waals surface area contributed by atoms with E-state index in [0.717, 1.165) is 4.47 Å². The van der Waals surface area contributed by atoms with Gasteiger partial charge in [0.25, 0.3) is 15.9 Å². The Labute approximate surface area is 224 Å². The maximum Gasteiger partial charge on any atom is 0.295 e. The molecule has 1 atom stereocenters. The van der Waals surface area contributed by atoms with E-state index in [9.17, 15) is 23.1 Å². The number of likely N-dealkylation sites (tertiary alicyclic amines) is 1. The van der Waals surface area contributed by atoms with Gasteiger partial charge in [-0.25, -0.2) is 0 Å². The molecule has 2 N–H and O–H groups in total. The molecule has 9 nitrogen and oxygen atoms in total. The highest BCUT2D eigenvalue weighted by molar-refractivity contribution is 7.92. The number of amides is 2. The van der Waals surface area contributed by atoms with Crippen molar-refractivity contribution in [3.8, 4) is 5.75 Å². The Hall–Kier alpha value is -3.31. The number of carbonyl (C=O) groups is 2. The maximum atomic E-state index is 13.5. The monoisotopic (exact) mass is 563 g/mol. The van der Waals surface area contributed by atoms with Crippen molar-refractivity contribution in [1.82, 2.24) is 10.2 Å². The fourth-order valence-electron chi connectivity index (χ4n) is 3.64. The first kappa shape index (κ1) is 26.7. The Morgan fingerprint density at radius 1 is 1.05 bits per heavy atom. The van der Waals surface area contributed by atoms with Crippen LogP contribution in [0.1, 0.15) is 16.8 Å². The molecule has 1 aliphatic rings. The minimum absolute atomic E-state index is 0.0738. The van der Waals surface area contributed by atoms with Gasteiger partial charge in [0.05, 0.1) is 28.3 Å². The van der Waals surface area contributed by atoms with Gasteiger partial charge < -0.3 is 20.2 Å². The zero-order chi connectivity index (χ0) is 26.6. The molecule has 3 aromatic rings. The van der Waals surface area contributed by atoms with E-state index in [1.165, 1.54) is 47.4 Å². The number of para-hydroxylation sites is 1. The molecule has 0 bridgehead atoms. The van der Waals surface area contributed by atoms with Gasteiger partial charge in [-0.2, -0.15) is 8.42 Å². The van der Waals surface area contributed by atoms with Crippen LogP contribution in [0.4, 0.5) is 5.69 Å². The lowest BCUT2D eigenvalue weighted by atomic mass is 10.2. The highest BCUT2D eigenvalue weighted by atomic mass is 35.5. The van der Waals surface area contributed by atoms with E-state index in [1.807, 2.05) is 0 Å². The average Bonchev–Trinajstić information content (AvgIpc) is 3.33. The smallest absolute Gasteiger partial charge is 0.295 e. The molecule has 2 amide bonds. The zero-order valence-electron chi connectivity index (χ0n) is 19.4. The molecule has 4 rings (SSSR count). The topological polar surface area (TPSA) is 116 Å². The molecule has 3 aromatic carbocycles. The first-order valence-corrected chi connectivity index (χ1v) is 13.4. The van der Waals surface area contributed by atoms with Crippen LogP contribution in [0.5, 0.6) is 5.75 Å². The van der Waals surface area contributed by atoms with Gasteiger partial charge >= 0.3 is 0 Å². The molecule has 0 saturated carbocycles. The lowest BCUT2D eigenvalue weighted by Crippen LogP contribution is -2.39. The standard InChI is InChI=1S/C25H23Cl2N3O6S/c26-18-8-11-23(22(27)14-18)36-30(19-4-2-1-3-5-19)37(34,35)21-9-6-17(7-10-21)25(33)28-15-24(32)29-13-12-20(31)16-29/h1-11,14,20,31H,12-13,15-16H2,(H,28,33). The number of hydrogen-bond acceptors (Lipinski definition) is 6. The summed E-state index contributed by atoms with van der Waals surface area (Å²) in [5.41, 5.74) is 0.391. The largest absolute Gasteiger partial charge is 0.391 e. The number of rotatable bonds is 8. The Balaban J connectivity index is 1.52. The van der Waals surface area contributed by atoms with Crippen LogP contribution in [0.2, 0.25) is 10.0 Å². The van der Waals surface area contributed by atoms with Crippen LogP contribution < -0.4 is 14.6 Å². The van der Waals surface area contributed by atoms with Crippen LogP contribution in [0.3, 0.4) is 0 Å². The van der Waals surface area contributed by atoms with Gasteiger partial charge in [0, 0.05) is 23.7 Å². The van der Waals surface area contributed by atoms with Crippen molar-refractivity contribution in [3.05, 3.63) is 88.4 Å². The summed E-state index contributed by atoms with van der Waals surface area (Å²) < 4.78 is 27.8. The lowest BCUT2D eigenvalue weighted by Gasteiger charge is -2.24. The summed E-state index contributed by atoms with van der Waals surface area (Å²) in [5.74, 6) is -0.772. The fraction of sp³-hybridized carbons (Fsp3) is 0.200. The van der Waals surface area contributed by atoms with E-state index in [2.05, 4.69) is 5.32 Å². The first-order chi connectivity index (χ1) is 17.6. The maximum absolute atomic E-state index is 13.5. The van der Waals surface area contributed by atoms with Crippen molar-refractivity contribution < 1.29 is 28.0 Å². The molecule has 1 unspecified atom stereocenters. The predicted octanol–water partition coefficient (Wildman–Crippen LogP) is 3.51. The molecule has 37 heavy (non-hydrogen) atoms. The van der Waals surface area contributed by atoms with Crippen molar-refractivity contribution in [2.24, 2.45) is 0 Å². The number of nitrogens with zero attached hydrogens (tertiary/aromatic N) is 2. The summed E-state index contributed by atoms with van der Waals surface area (Å²) >= 11 is 12.1. The quantitative estimate of drug-likeness (QED) is 0.405. The van der Waals surface area contributed by atoms with Gasteiger partial charge in [0.15, 0.2) is 5.75 Å². The SMILES string of the molecule is O=C(NCC(=O)N1CCC(O)C1)c1ccc(S(=O)(=O)N(Oc2ccc(Cl)cc2Cl)c2ccccc2)cc1. The highest BCUT2D eigenvalue weighted by Gasteiger charge is 2.29. The van der Waals surface area contributed by atoms with Gasteiger partial charge in [0.1, 0.15) is 0 Å². The highest BCUT2D eigenvalue weighted by Crippen LogP contribution is 2.32. The summed E-state index contributed by atoms with van der Waals surface area (Å²) in [6.45, 7) is 0.440. The number of aliphatic hydroxyl groups excluding tert-OH is 1. The number of anilines is 1. The Kier molecular flexibility index (Phi) is 8.23. The molecule has 0 radical (unpaired) electrons. The molecule has 194 valence electrons. The molecule has 0 aromatic heterocycles. The summed E-state index contributed by atoms with van der Waals surface area (Å²) in [6.07, 6.45) is -0.0480. The number of aliphatic hydroxyl groups is 1. The lowest BCUT2D eigenvalue weighted by molar-refractivity contribution is -0.129. The van der Waals surface area contributed by atoms with E-state index in [-0.39, 0.29) is 45.9 Å². The van der Waals surface area contributed by atoms with E-state index < -0.39 is 22.0 Å². The predicted molar refractivity (Wildman–Crippen MR) is 139 cm³/mol. The second kappa shape index (κ2) is 11.4. The van der Waals surface area contributed by atoms with Crippen LogP contribution in [-0.2, 0) is 14.8 Å². The van der Waals surface area contributed by atoms with Crippen LogP contribution >= 0.6 is 23.2 Å². The molecular formula is C25H23Cl2N3O6S.